The molecule has 1 aromatic rings. The maximum atomic E-state index is 11.4. The van der Waals surface area contributed by atoms with Crippen molar-refractivity contribution >= 4 is 27.7 Å². The topological polar surface area (TPSA) is 150 Å². The van der Waals surface area contributed by atoms with Gasteiger partial charge in [-0.3, -0.25) is 4.79 Å². The van der Waals surface area contributed by atoms with Crippen LogP contribution in [-0.2, 0) is 14.7 Å². The minimum atomic E-state index is -4.28. The van der Waals surface area contributed by atoms with E-state index in [4.69, 9.17) is 11.5 Å². The van der Waals surface area contributed by atoms with Gasteiger partial charge >= 0.3 is 10.4 Å². The van der Waals surface area contributed by atoms with E-state index in [0.29, 0.717) is 0 Å². The zero-order chi connectivity index (χ0) is 11.2. The standard InChI is InChI=1S/C5H6N4O5S/c6-1-2(10)3-5(8-4(1)7)9-14-15(11,12)13-3/h6H2,(H4,7,8,9,10). The third-order valence-electron chi connectivity index (χ3n) is 1.66. The smallest absolute Gasteiger partial charge is 0.392 e. The lowest BCUT2D eigenvalue weighted by Crippen LogP contribution is -2.29. The molecule has 1 aliphatic heterocycles. The quantitative estimate of drug-likeness (QED) is 0.424. The molecule has 0 radical (unpaired) electrons. The fraction of sp³-hybridized carbons (Fsp3) is 0. The van der Waals surface area contributed by atoms with Gasteiger partial charge in [0.2, 0.25) is 5.75 Å². The first kappa shape index (κ1) is 9.61. The Morgan fingerprint density at radius 1 is 1.27 bits per heavy atom. The average Bonchev–Trinajstić information content (AvgIpc) is 2.16. The summed E-state index contributed by atoms with van der Waals surface area (Å²) in [4.78, 5) is 13.8. The molecule has 10 heteroatoms. The Bertz CT molecular complexity index is 576. The van der Waals surface area contributed by atoms with Crippen LogP contribution in [0, 0.1) is 0 Å². The van der Waals surface area contributed by atoms with Crippen molar-refractivity contribution in [2.75, 3.05) is 16.9 Å². The highest BCUT2D eigenvalue weighted by Crippen LogP contribution is 2.27. The summed E-state index contributed by atoms with van der Waals surface area (Å²) in [5.74, 6) is -0.729. The summed E-state index contributed by atoms with van der Waals surface area (Å²) in [6, 6.07) is 0. The molecule has 0 saturated carbocycles. The van der Waals surface area contributed by atoms with Crippen LogP contribution in [0.2, 0.25) is 0 Å². The number of hydrogen-bond acceptors (Lipinski definition) is 8. The normalized spacial score (nSPS) is 17.3. The van der Waals surface area contributed by atoms with Gasteiger partial charge in [0.05, 0.1) is 0 Å². The Labute approximate surface area is 83.3 Å². The Hall–Kier alpha value is -1.94. The zero-order valence-corrected chi connectivity index (χ0v) is 7.92. The van der Waals surface area contributed by atoms with Crippen LogP contribution in [0.5, 0.6) is 5.75 Å². The number of fused-ring (bicyclic) bond motifs is 1. The molecule has 0 fully saturated rings. The first-order valence-corrected chi connectivity index (χ1v) is 4.94. The van der Waals surface area contributed by atoms with Gasteiger partial charge in [-0.1, -0.05) is 0 Å². The third-order valence-corrected chi connectivity index (χ3v) is 2.32. The van der Waals surface area contributed by atoms with Crippen molar-refractivity contribution in [2.24, 2.45) is 0 Å². The Balaban J connectivity index is 2.71. The number of pyridine rings is 1. The minimum Gasteiger partial charge on any atom is -0.392 e. The van der Waals surface area contributed by atoms with Gasteiger partial charge < -0.3 is 20.6 Å². The lowest BCUT2D eigenvalue weighted by atomic mass is 10.3. The van der Waals surface area contributed by atoms with Crippen molar-refractivity contribution in [2.45, 2.75) is 0 Å². The number of nitrogens with two attached hydrogens (primary N) is 2. The van der Waals surface area contributed by atoms with E-state index in [1.807, 2.05) is 5.48 Å². The van der Waals surface area contributed by atoms with Crippen LogP contribution in [0.25, 0.3) is 0 Å². The first-order chi connectivity index (χ1) is 6.91. The maximum absolute atomic E-state index is 11.4. The number of nitrogens with one attached hydrogen (secondary N) is 2. The highest BCUT2D eigenvalue weighted by atomic mass is 32.3. The Morgan fingerprint density at radius 3 is 2.60 bits per heavy atom. The fourth-order valence-corrected chi connectivity index (χ4v) is 1.56. The number of H-pyrrole nitrogens is 1. The van der Waals surface area contributed by atoms with Gasteiger partial charge in [0.1, 0.15) is 11.5 Å². The van der Waals surface area contributed by atoms with E-state index in [2.05, 4.69) is 13.5 Å². The lowest BCUT2D eigenvalue weighted by molar-refractivity contribution is 0.305. The first-order valence-electron chi connectivity index (χ1n) is 3.61. The summed E-state index contributed by atoms with van der Waals surface area (Å²) < 4.78 is 30.0. The summed E-state index contributed by atoms with van der Waals surface area (Å²) in [5.41, 5.74) is 11.4. The highest BCUT2D eigenvalue weighted by molar-refractivity contribution is 7.82. The van der Waals surface area contributed by atoms with Crippen molar-refractivity contribution in [1.29, 1.82) is 0 Å². The molecule has 2 rings (SSSR count). The molecule has 0 bridgehead atoms. The number of anilines is 3. The van der Waals surface area contributed by atoms with Gasteiger partial charge in [0.15, 0.2) is 5.82 Å². The molecule has 0 aliphatic carbocycles. The summed E-state index contributed by atoms with van der Waals surface area (Å²) in [7, 11) is -4.28. The molecular weight excluding hydrogens is 228 g/mol. The second kappa shape index (κ2) is 2.77. The predicted molar refractivity (Wildman–Crippen MR) is 50.1 cm³/mol. The van der Waals surface area contributed by atoms with Crippen LogP contribution in [0.3, 0.4) is 0 Å². The van der Waals surface area contributed by atoms with E-state index >= 15 is 0 Å². The summed E-state index contributed by atoms with van der Waals surface area (Å²) >= 11 is 0. The molecule has 0 atom stereocenters. The van der Waals surface area contributed by atoms with E-state index < -0.39 is 21.6 Å². The molecule has 0 spiro atoms. The molecule has 0 aromatic carbocycles. The van der Waals surface area contributed by atoms with Crippen LogP contribution in [-0.4, -0.2) is 13.4 Å². The van der Waals surface area contributed by atoms with Crippen LogP contribution in [0.1, 0.15) is 0 Å². The number of hydrogen-bond donors (Lipinski definition) is 4. The molecule has 1 aliphatic rings. The van der Waals surface area contributed by atoms with Gasteiger partial charge in [0, 0.05) is 0 Å². The van der Waals surface area contributed by atoms with Crippen molar-refractivity contribution in [3.63, 3.8) is 0 Å². The lowest BCUT2D eigenvalue weighted by Gasteiger charge is -2.17. The third kappa shape index (κ3) is 1.45. The average molecular weight is 234 g/mol. The summed E-state index contributed by atoms with van der Waals surface area (Å²) in [6.07, 6.45) is 0. The summed E-state index contributed by atoms with van der Waals surface area (Å²) in [5, 5.41) is 0. The van der Waals surface area contributed by atoms with Crippen molar-refractivity contribution < 1.29 is 16.9 Å². The summed E-state index contributed by atoms with van der Waals surface area (Å²) in [6.45, 7) is 0. The maximum Gasteiger partial charge on any atom is 0.470 e. The molecule has 82 valence electrons. The van der Waals surface area contributed by atoms with Gasteiger partial charge in [-0.2, -0.15) is 8.42 Å². The molecule has 6 N–H and O–H groups in total. The van der Waals surface area contributed by atoms with Crippen LogP contribution < -0.4 is 26.6 Å². The zero-order valence-electron chi connectivity index (χ0n) is 7.10. The van der Waals surface area contributed by atoms with E-state index in [0.717, 1.165) is 0 Å². The second-order valence-electron chi connectivity index (χ2n) is 2.66. The molecule has 0 saturated heterocycles. The van der Waals surface area contributed by atoms with Crippen LogP contribution >= 0.6 is 0 Å². The number of aromatic amines is 1. The van der Waals surface area contributed by atoms with Gasteiger partial charge in [-0.25, -0.2) is 5.48 Å². The molecule has 0 amide bonds. The van der Waals surface area contributed by atoms with Gasteiger partial charge in [0.25, 0.3) is 5.43 Å². The van der Waals surface area contributed by atoms with Crippen LogP contribution in [0.15, 0.2) is 4.79 Å². The predicted octanol–water partition coefficient (Wildman–Crippen LogP) is -1.48. The molecular formula is C5H6N4O5S. The minimum absolute atomic E-state index is 0.110. The van der Waals surface area contributed by atoms with Gasteiger partial charge in [-0.05, 0) is 0 Å². The molecule has 2 heterocycles. The van der Waals surface area contributed by atoms with E-state index in [1.54, 1.807) is 0 Å². The SMILES string of the molecule is Nc1[nH]c2c(c(=O)c1N)OS(=O)(=O)ON2. The largest absolute Gasteiger partial charge is 0.470 e. The molecule has 0 unspecified atom stereocenters. The Morgan fingerprint density at radius 2 is 1.93 bits per heavy atom. The highest BCUT2D eigenvalue weighted by Gasteiger charge is 2.28. The van der Waals surface area contributed by atoms with Crippen molar-refractivity contribution in [3.05, 3.63) is 10.2 Å². The molecule has 1 aromatic heterocycles. The Kier molecular flexibility index (Phi) is 1.78. The number of aromatic nitrogens is 1. The van der Waals surface area contributed by atoms with Crippen molar-refractivity contribution in [1.82, 2.24) is 4.98 Å². The van der Waals surface area contributed by atoms with Gasteiger partial charge in [-0.15, -0.1) is 4.28 Å². The van der Waals surface area contributed by atoms with E-state index in [1.165, 1.54) is 0 Å². The second-order valence-corrected chi connectivity index (χ2v) is 3.81. The monoisotopic (exact) mass is 234 g/mol. The molecule has 15 heavy (non-hydrogen) atoms. The number of rotatable bonds is 0. The van der Waals surface area contributed by atoms with E-state index in [-0.39, 0.29) is 17.3 Å². The number of nitrogen functional groups attached to an aromatic ring is 2. The molecule has 9 nitrogen and oxygen atoms in total. The fourth-order valence-electron chi connectivity index (χ4n) is 0.980. The van der Waals surface area contributed by atoms with E-state index in [9.17, 15) is 13.2 Å². The van der Waals surface area contributed by atoms with Crippen LogP contribution in [0.4, 0.5) is 17.3 Å². The van der Waals surface area contributed by atoms with Crippen molar-refractivity contribution in [3.8, 4) is 5.75 Å².